The summed E-state index contributed by atoms with van der Waals surface area (Å²) in [7, 11) is 0. The lowest BCUT2D eigenvalue weighted by atomic mass is 9.56. The molecule has 0 saturated carbocycles. The van der Waals surface area contributed by atoms with Gasteiger partial charge in [0, 0.05) is 56.3 Å². The Kier molecular flexibility index (Phi) is 11.9. The Morgan fingerprint density at radius 2 is 0.362 bits per heavy atom. The Morgan fingerprint density at radius 3 is 0.512 bits per heavy atom. The van der Waals surface area contributed by atoms with E-state index < -0.39 is 10.8 Å². The quantitative estimate of drug-likeness (QED) is 0.113. The summed E-state index contributed by atoms with van der Waals surface area (Å²) in [6.07, 6.45) is 8.05. The zero-order chi connectivity index (χ0) is 53.6. The van der Waals surface area contributed by atoms with Crippen LogP contribution < -0.4 is 19.6 Å². The molecule has 0 N–H and O–H groups in total. The van der Waals surface area contributed by atoms with Gasteiger partial charge in [-0.3, -0.25) is 19.9 Å². The molecule has 0 saturated heterocycles. The summed E-state index contributed by atoms with van der Waals surface area (Å²) in [4.78, 5) is 31.4. The Morgan fingerprint density at radius 1 is 0.212 bits per heavy atom. The summed E-state index contributed by atoms with van der Waals surface area (Å²) in [5.74, 6) is 0. The first-order valence-corrected chi connectivity index (χ1v) is 27.1. The molecule has 0 aliphatic heterocycles. The minimum Gasteiger partial charge on any atom is -0.309 e. The van der Waals surface area contributed by atoms with Gasteiger partial charge in [-0.15, -0.1) is 0 Å². The number of aromatic nitrogens is 4. The van der Waals surface area contributed by atoms with Crippen molar-refractivity contribution in [3.63, 3.8) is 0 Å². The number of anilines is 12. The highest BCUT2D eigenvalue weighted by Crippen LogP contribution is 2.65. The monoisotopic (exact) mass is 1030 g/mol. The lowest BCUT2D eigenvalue weighted by Gasteiger charge is -2.45. The van der Waals surface area contributed by atoms with Crippen LogP contribution in [0.15, 0.2) is 292 Å². The second-order valence-electron chi connectivity index (χ2n) is 20.6. The Bertz CT molecular complexity index is 3460. The third-order valence-corrected chi connectivity index (χ3v) is 16.2. The molecule has 0 amide bonds. The van der Waals surface area contributed by atoms with E-state index >= 15 is 0 Å². The molecule has 8 aromatic carbocycles. The SMILES string of the molecule is CC1(C2(C)c3cc(N(c4ccccc4)c4ccccc4)cnc3-c3ncc(N(c4ccccc4)c4ccccc4)cc32)c2cc(N(c3ccccc3)c3ccccc3)cnc2-c2ncc(N(c3ccccc3)c3ccccc3)cc21. The van der Waals surface area contributed by atoms with Crippen molar-refractivity contribution in [1.82, 2.24) is 19.9 Å². The van der Waals surface area contributed by atoms with Gasteiger partial charge in [-0.05, 0) is 144 Å². The second-order valence-corrected chi connectivity index (χ2v) is 20.6. The number of pyridine rings is 4. The summed E-state index contributed by atoms with van der Waals surface area (Å²) in [6, 6.07) is 94.0. The highest BCUT2D eigenvalue weighted by molar-refractivity contribution is 5.91. The van der Waals surface area contributed by atoms with Crippen molar-refractivity contribution in [2.45, 2.75) is 24.7 Å². The molecule has 80 heavy (non-hydrogen) atoms. The predicted molar refractivity (Wildman–Crippen MR) is 327 cm³/mol. The Balaban J connectivity index is 1.07. The molecule has 0 radical (unpaired) electrons. The van der Waals surface area contributed by atoms with Gasteiger partial charge in [0.05, 0.1) is 70.3 Å². The second kappa shape index (κ2) is 19.8. The fourth-order valence-corrected chi connectivity index (χ4v) is 12.4. The van der Waals surface area contributed by atoms with E-state index in [9.17, 15) is 0 Å². The highest BCUT2D eigenvalue weighted by Gasteiger charge is 2.60. The first-order valence-electron chi connectivity index (χ1n) is 27.1. The van der Waals surface area contributed by atoms with E-state index in [4.69, 9.17) is 19.9 Å². The van der Waals surface area contributed by atoms with E-state index in [1.54, 1.807) is 0 Å². The van der Waals surface area contributed by atoms with Crippen LogP contribution in [0.3, 0.4) is 0 Å². The maximum absolute atomic E-state index is 5.56. The summed E-state index contributed by atoms with van der Waals surface area (Å²) >= 11 is 0. The molecule has 0 unspecified atom stereocenters. The van der Waals surface area contributed by atoms with Crippen molar-refractivity contribution in [1.29, 1.82) is 0 Å². The number of hydrogen-bond donors (Lipinski definition) is 0. The van der Waals surface area contributed by atoms with Gasteiger partial charge in [-0.2, -0.15) is 0 Å². The fraction of sp³-hybridized carbons (Fsp3) is 0.0556. The van der Waals surface area contributed by atoms with Gasteiger partial charge in [0.2, 0.25) is 0 Å². The number of rotatable bonds is 13. The normalized spacial score (nSPS) is 13.1. The van der Waals surface area contributed by atoms with Gasteiger partial charge in [0.15, 0.2) is 0 Å². The molecule has 0 spiro atoms. The summed E-state index contributed by atoms with van der Waals surface area (Å²) in [5, 5.41) is 0. The van der Waals surface area contributed by atoms with Crippen molar-refractivity contribution >= 4 is 68.2 Å². The smallest absolute Gasteiger partial charge is 0.0932 e. The zero-order valence-electron chi connectivity index (χ0n) is 44.3. The molecular formula is C72H54N8. The molecule has 14 rings (SSSR count). The lowest BCUT2D eigenvalue weighted by molar-refractivity contribution is 0.375. The summed E-state index contributed by atoms with van der Waals surface area (Å²) in [5.41, 5.74) is 17.6. The van der Waals surface area contributed by atoms with Crippen molar-refractivity contribution in [2.24, 2.45) is 0 Å². The van der Waals surface area contributed by atoms with Gasteiger partial charge in [-0.1, -0.05) is 159 Å². The van der Waals surface area contributed by atoms with Gasteiger partial charge in [0.1, 0.15) is 0 Å². The molecule has 382 valence electrons. The summed E-state index contributed by atoms with van der Waals surface area (Å²) in [6.45, 7) is 4.83. The molecule has 12 aromatic rings. The van der Waals surface area contributed by atoms with E-state index in [1.165, 1.54) is 0 Å². The Labute approximate surface area is 466 Å². The molecule has 4 aromatic heterocycles. The molecule has 8 heteroatoms. The van der Waals surface area contributed by atoms with Crippen LogP contribution in [0, 0.1) is 0 Å². The van der Waals surface area contributed by atoms with Crippen LogP contribution >= 0.6 is 0 Å². The minimum absolute atomic E-state index is 0.833. The van der Waals surface area contributed by atoms with Crippen LogP contribution in [-0.2, 0) is 10.8 Å². The van der Waals surface area contributed by atoms with Gasteiger partial charge in [-0.25, -0.2) is 0 Å². The zero-order valence-corrected chi connectivity index (χ0v) is 44.3. The average Bonchev–Trinajstić information content (AvgIpc) is 2.61. The van der Waals surface area contributed by atoms with E-state index in [1.807, 2.05) is 24.8 Å². The van der Waals surface area contributed by atoms with Crippen molar-refractivity contribution in [2.75, 3.05) is 19.6 Å². The summed E-state index contributed by atoms with van der Waals surface area (Å²) < 4.78 is 0. The van der Waals surface area contributed by atoms with E-state index in [0.29, 0.717) is 0 Å². The van der Waals surface area contributed by atoms with Crippen LogP contribution in [0.4, 0.5) is 68.2 Å². The number of para-hydroxylation sites is 8. The van der Waals surface area contributed by atoms with Crippen molar-refractivity contribution < 1.29 is 0 Å². The van der Waals surface area contributed by atoms with E-state index in [-0.39, 0.29) is 0 Å². The molecule has 0 fully saturated rings. The first-order chi connectivity index (χ1) is 39.5. The van der Waals surface area contributed by atoms with Crippen LogP contribution in [0.25, 0.3) is 22.8 Å². The third kappa shape index (κ3) is 7.91. The predicted octanol–water partition coefficient (Wildman–Crippen LogP) is 18.4. The van der Waals surface area contributed by atoms with Gasteiger partial charge in [0.25, 0.3) is 0 Å². The molecule has 0 bridgehead atoms. The standard InChI is InChI=1S/C72H54N8/c1-71(63-43-59(77(51-27-11-3-12-28-51)52-29-13-4-14-30-52)47-73-67(63)68-64(71)44-60(48-74-68)78(53-31-15-5-16-32-53)54-33-17-6-18-34-54)72(2)65-45-61(79(55-35-19-7-20-36-55)56-37-21-8-22-38-56)49-75-69(65)70-66(72)46-62(50-76-70)80(57-39-23-9-24-40-57)58-41-25-10-26-42-58/h3-50H,1-2H3. The average molecular weight is 1030 g/mol. The largest absolute Gasteiger partial charge is 0.309 e. The highest BCUT2D eigenvalue weighted by atomic mass is 15.2. The van der Waals surface area contributed by atoms with E-state index in [0.717, 1.165) is 113 Å². The van der Waals surface area contributed by atoms with Gasteiger partial charge < -0.3 is 19.6 Å². The number of fused-ring (bicyclic) bond motifs is 6. The number of benzene rings is 8. The fourth-order valence-electron chi connectivity index (χ4n) is 12.4. The Hall–Kier alpha value is -10.4. The maximum Gasteiger partial charge on any atom is 0.0932 e. The van der Waals surface area contributed by atoms with Crippen molar-refractivity contribution in [3.05, 3.63) is 314 Å². The topological polar surface area (TPSA) is 64.5 Å². The lowest BCUT2D eigenvalue weighted by Crippen LogP contribution is -2.45. The molecule has 0 atom stereocenters. The van der Waals surface area contributed by atoms with Crippen LogP contribution in [-0.4, -0.2) is 19.9 Å². The van der Waals surface area contributed by atoms with Crippen LogP contribution in [0.1, 0.15) is 36.1 Å². The van der Waals surface area contributed by atoms with Gasteiger partial charge >= 0.3 is 0 Å². The number of nitrogens with zero attached hydrogens (tertiary/aromatic N) is 8. The number of hydrogen-bond acceptors (Lipinski definition) is 8. The van der Waals surface area contributed by atoms with E-state index in [2.05, 4.69) is 300 Å². The molecule has 2 aliphatic carbocycles. The van der Waals surface area contributed by atoms with Crippen molar-refractivity contribution in [3.8, 4) is 22.8 Å². The first kappa shape index (κ1) is 48.0. The maximum atomic E-state index is 5.56. The van der Waals surface area contributed by atoms with Crippen LogP contribution in [0.5, 0.6) is 0 Å². The third-order valence-electron chi connectivity index (χ3n) is 16.2. The molecule has 8 nitrogen and oxygen atoms in total. The molecular weight excluding hydrogens is 977 g/mol. The molecule has 4 heterocycles. The molecule has 2 aliphatic rings. The van der Waals surface area contributed by atoms with Crippen LogP contribution in [0.2, 0.25) is 0 Å². The minimum atomic E-state index is -0.906.